The van der Waals surface area contributed by atoms with Gasteiger partial charge < -0.3 is 96.2 Å². The van der Waals surface area contributed by atoms with Crippen molar-refractivity contribution in [2.75, 3.05) is 222 Å². The number of azide groups is 1. The number of nitrogens with zero attached hydrogens (tertiary/aromatic N) is 11. The van der Waals surface area contributed by atoms with Crippen molar-refractivity contribution in [3.8, 4) is 80.6 Å². The molecule has 0 radical (unpaired) electrons. The van der Waals surface area contributed by atoms with Crippen LogP contribution in [0.1, 0.15) is 113 Å². The average Bonchev–Trinajstić information content (AvgIpc) is 1.56. The average molecular weight is 1940 g/mol. The Hall–Kier alpha value is -12.7. The standard InChI is InChI=1S/C109H129N13O20/c1-111-102(123)23-11-13-25-104(125)119-80-94-15-3-5-17-96(94)106-108(98-19-7-9-21-100(98)119)121(117-114-106)46-49-128-51-52-130-53-54-131-55-56-132-57-58-133-59-60-134-61-62-135-63-64-136-65-66-137-67-68-138-69-70-139-73-76-142-84-90-40-31-87(32-41-90)35-44-93-78-91(42-33-85-27-36-88(37-28-85)82-140-74-71-127-48-45-113-116-110)77-92(79-93)43-34-86-29-38-89(39-30-86)83-141-75-72-129-50-47-122-109-99-20-8-10-22-101(99)120(105(126)26-14-12-24-103(124)112-2)81-95-16-4-6-18-97(95)107(109)115-118-122/h3-10,15-22,27-32,36-41,77-79H,11-14,23-26,45-76,80-84H2,1-2H3,(H,111,123)(H,112,124). The van der Waals surface area contributed by atoms with Gasteiger partial charge >= 0.3 is 0 Å². The van der Waals surface area contributed by atoms with Crippen molar-refractivity contribution < 1.29 is 95.0 Å². The second-order valence-electron chi connectivity index (χ2n) is 32.8. The SMILES string of the molecule is CNC(=O)CCCCC(=O)N1Cc2ccccc2-c2nnn(CCOCCOCCOCCOCCOCCOCCOCCOCCOCCOCCOCCOCc3ccc(C#Cc4cc(C#Cc5ccc(COCCOCCN=[N+]=[N-])cc5)cc(C#Cc5ccc(COCCOCCn6nnc7c6-c6ccccc6N(C(=O)CCCCC(=O)NC)Cc6ccccc6-7)cc5)c4)cc3)c2-c2ccccc21. The normalized spacial score (nSPS) is 11.7. The highest BCUT2D eigenvalue weighted by atomic mass is 16.6. The maximum atomic E-state index is 14.0. The van der Waals surface area contributed by atoms with E-state index in [0.29, 0.717) is 289 Å². The Morgan fingerprint density at radius 2 is 0.592 bits per heavy atom. The fourth-order valence-corrected chi connectivity index (χ4v) is 15.2. The maximum absolute atomic E-state index is 14.0. The van der Waals surface area contributed by atoms with E-state index in [1.54, 1.807) is 14.1 Å². The summed E-state index contributed by atoms with van der Waals surface area (Å²) in [6.07, 6.45) is 3.86. The summed E-state index contributed by atoms with van der Waals surface area (Å²) in [5.41, 5.74) is 26.5. The lowest BCUT2D eigenvalue weighted by Gasteiger charge is -2.29. The van der Waals surface area contributed by atoms with E-state index in [1.165, 1.54) is 0 Å². The molecule has 2 aromatic heterocycles. The van der Waals surface area contributed by atoms with E-state index in [-0.39, 0.29) is 30.2 Å². The summed E-state index contributed by atoms with van der Waals surface area (Å²) < 4.78 is 95.5. The molecule has 0 saturated heterocycles. The number of hydrogen-bond donors (Lipinski definition) is 2. The van der Waals surface area contributed by atoms with E-state index in [1.807, 2.05) is 207 Å². The number of benzene rings is 8. The van der Waals surface area contributed by atoms with Crippen LogP contribution in [-0.2, 0) is 141 Å². The molecule has 0 unspecified atom stereocenters. The molecule has 142 heavy (non-hydrogen) atoms. The molecule has 2 aliphatic rings. The van der Waals surface area contributed by atoms with Crippen molar-refractivity contribution in [2.24, 2.45) is 5.11 Å². The minimum absolute atomic E-state index is 0.00506. The van der Waals surface area contributed by atoms with Gasteiger partial charge in [0.25, 0.3) is 0 Å². The molecule has 750 valence electrons. The number of anilines is 2. The lowest BCUT2D eigenvalue weighted by molar-refractivity contribution is -0.121. The third kappa shape index (κ3) is 37.6. The number of amides is 4. The van der Waals surface area contributed by atoms with Gasteiger partial charge in [-0.05, 0) is 126 Å². The number of carbonyl (C=O) groups is 4. The zero-order valence-corrected chi connectivity index (χ0v) is 81.3. The van der Waals surface area contributed by atoms with Gasteiger partial charge in [0, 0.05) is 107 Å². The number of unbranched alkanes of at least 4 members (excludes halogenated alkanes) is 2. The van der Waals surface area contributed by atoms with Gasteiger partial charge in [0.1, 0.15) is 11.4 Å². The van der Waals surface area contributed by atoms with Crippen LogP contribution in [0.25, 0.3) is 55.5 Å². The zero-order valence-electron chi connectivity index (χ0n) is 81.3. The minimum Gasteiger partial charge on any atom is -0.379 e. The highest BCUT2D eigenvalue weighted by Crippen LogP contribution is 2.44. The maximum Gasteiger partial charge on any atom is 0.227 e. The van der Waals surface area contributed by atoms with Crippen molar-refractivity contribution in [3.63, 3.8) is 0 Å². The predicted octanol–water partition coefficient (Wildman–Crippen LogP) is 13.5. The zero-order chi connectivity index (χ0) is 98.7. The molecule has 12 rings (SSSR count). The number of para-hydroxylation sites is 2. The molecule has 8 aromatic carbocycles. The fraction of sp³-hybridized carbons (Fsp3) is 0.431. The van der Waals surface area contributed by atoms with Gasteiger partial charge in [-0.3, -0.25) is 19.2 Å². The summed E-state index contributed by atoms with van der Waals surface area (Å²) >= 11 is 0. The van der Waals surface area contributed by atoms with Crippen LogP contribution in [-0.4, -0.2) is 266 Å². The van der Waals surface area contributed by atoms with Gasteiger partial charge in [-0.1, -0.05) is 172 Å². The van der Waals surface area contributed by atoms with Crippen molar-refractivity contribution in [3.05, 3.63) is 260 Å². The van der Waals surface area contributed by atoms with E-state index in [2.05, 4.69) is 71.7 Å². The van der Waals surface area contributed by atoms with Crippen LogP contribution >= 0.6 is 0 Å². The van der Waals surface area contributed by atoms with E-state index in [4.69, 9.17) is 86.4 Å². The van der Waals surface area contributed by atoms with Crippen molar-refractivity contribution in [2.45, 2.75) is 97.4 Å². The molecule has 4 amide bonds. The number of rotatable bonds is 64. The first-order valence-corrected chi connectivity index (χ1v) is 48.6. The van der Waals surface area contributed by atoms with Crippen LogP contribution in [0.3, 0.4) is 0 Å². The van der Waals surface area contributed by atoms with Gasteiger partial charge in [0.05, 0.1) is 260 Å². The summed E-state index contributed by atoms with van der Waals surface area (Å²) in [5.74, 6) is 19.9. The third-order valence-electron chi connectivity index (χ3n) is 22.6. The van der Waals surface area contributed by atoms with Crippen LogP contribution in [0.15, 0.2) is 193 Å². The summed E-state index contributed by atoms with van der Waals surface area (Å²) in [6, 6.07) is 61.5. The number of nitrogens with one attached hydrogen (secondary N) is 2. The summed E-state index contributed by atoms with van der Waals surface area (Å²) in [4.78, 5) is 57.9. The second-order valence-corrected chi connectivity index (χ2v) is 32.8. The Morgan fingerprint density at radius 3 is 0.901 bits per heavy atom. The van der Waals surface area contributed by atoms with Crippen LogP contribution in [0.2, 0.25) is 0 Å². The molecular formula is C109H129N13O20. The molecule has 0 bridgehead atoms. The molecule has 0 saturated carbocycles. The molecule has 0 fully saturated rings. The van der Waals surface area contributed by atoms with E-state index in [0.717, 1.165) is 118 Å². The molecule has 10 aromatic rings. The molecule has 2 aliphatic heterocycles. The molecule has 0 atom stereocenters. The Kier molecular flexibility index (Phi) is 48.7. The molecule has 0 aliphatic carbocycles. The van der Waals surface area contributed by atoms with Gasteiger partial charge in [-0.15, -0.1) is 10.2 Å². The van der Waals surface area contributed by atoms with Gasteiger partial charge in [0.2, 0.25) is 23.6 Å². The van der Waals surface area contributed by atoms with E-state index in [9.17, 15) is 19.2 Å². The van der Waals surface area contributed by atoms with Gasteiger partial charge in [-0.25, -0.2) is 9.36 Å². The Bertz CT molecular complexity index is 5760. The number of ether oxygens (including phenoxy) is 16. The summed E-state index contributed by atoms with van der Waals surface area (Å²) in [7, 11) is 3.24. The Morgan fingerprint density at radius 1 is 0.324 bits per heavy atom. The number of hydrogen-bond acceptors (Lipinski definition) is 25. The predicted molar refractivity (Wildman–Crippen MR) is 537 cm³/mol. The van der Waals surface area contributed by atoms with E-state index < -0.39 is 0 Å². The van der Waals surface area contributed by atoms with Crippen LogP contribution in [0.5, 0.6) is 0 Å². The molecule has 4 heterocycles. The summed E-state index contributed by atoms with van der Waals surface area (Å²) in [5, 5.41) is 27.3. The third-order valence-corrected chi connectivity index (χ3v) is 22.6. The highest BCUT2D eigenvalue weighted by molar-refractivity contribution is 6.01. The topological polar surface area (TPSA) is 357 Å². The molecule has 33 heteroatoms. The van der Waals surface area contributed by atoms with Gasteiger partial charge in [0.15, 0.2) is 0 Å². The monoisotopic (exact) mass is 1940 g/mol. The molecule has 0 spiro atoms. The first-order chi connectivity index (χ1) is 70.1. The number of carbonyl (C=O) groups excluding carboxylic acids is 4. The van der Waals surface area contributed by atoms with Crippen LogP contribution in [0, 0.1) is 35.5 Å². The lowest BCUT2D eigenvalue weighted by atomic mass is 9.95. The first kappa shape index (κ1) is 108. The van der Waals surface area contributed by atoms with Crippen LogP contribution < -0.4 is 20.4 Å². The van der Waals surface area contributed by atoms with Gasteiger partial charge in [-0.2, -0.15) is 0 Å². The molecule has 33 nitrogen and oxygen atoms in total. The first-order valence-electron chi connectivity index (χ1n) is 48.6. The Balaban J connectivity index is 0.461. The second kappa shape index (κ2) is 63.9. The van der Waals surface area contributed by atoms with Crippen molar-refractivity contribution >= 4 is 35.0 Å². The molecule has 2 N–H and O–H groups in total. The number of fused-ring (bicyclic) bond motifs is 10. The quantitative estimate of drug-likeness (QED) is 0.0118. The van der Waals surface area contributed by atoms with Crippen LogP contribution in [0.4, 0.5) is 11.4 Å². The van der Waals surface area contributed by atoms with Crippen molar-refractivity contribution in [1.29, 1.82) is 0 Å². The van der Waals surface area contributed by atoms with Crippen molar-refractivity contribution in [1.82, 2.24) is 40.6 Å². The number of aromatic nitrogens is 6. The molecular weight excluding hydrogens is 1810 g/mol. The highest BCUT2D eigenvalue weighted by Gasteiger charge is 2.32. The summed E-state index contributed by atoms with van der Waals surface area (Å²) in [6.45, 7) is 15.5. The largest absolute Gasteiger partial charge is 0.379 e. The smallest absolute Gasteiger partial charge is 0.227 e. The minimum atomic E-state index is -0.0364. The lowest BCUT2D eigenvalue weighted by Crippen LogP contribution is -2.31. The Labute approximate surface area is 831 Å². The van der Waals surface area contributed by atoms with E-state index >= 15 is 0 Å². The fourth-order valence-electron chi connectivity index (χ4n) is 15.2.